The summed E-state index contributed by atoms with van der Waals surface area (Å²) in [5, 5.41) is 0. The Labute approximate surface area is 173 Å². The van der Waals surface area contributed by atoms with Crippen LogP contribution in [0.15, 0.2) is 35.5 Å². The molecule has 4 rings (SSSR count). The molecular weight excluding hydrogens is 364 g/mol. The number of allylic oxidation sites excluding steroid dienone is 4. The maximum absolute atomic E-state index is 12.9. The van der Waals surface area contributed by atoms with Crippen molar-refractivity contribution in [1.29, 1.82) is 0 Å². The zero-order valence-corrected chi connectivity index (χ0v) is 18.3. The third kappa shape index (κ3) is 2.47. The lowest BCUT2D eigenvalue weighted by atomic mass is 9.47. The van der Waals surface area contributed by atoms with E-state index in [-0.39, 0.29) is 28.8 Å². The predicted molar refractivity (Wildman–Crippen MR) is 111 cm³/mol. The van der Waals surface area contributed by atoms with Gasteiger partial charge in [0, 0.05) is 18.8 Å². The molecule has 0 amide bonds. The Morgan fingerprint density at radius 2 is 1.86 bits per heavy atom. The quantitative estimate of drug-likeness (QED) is 0.500. The molecule has 156 valence electrons. The first-order valence-electron chi connectivity index (χ1n) is 10.8. The van der Waals surface area contributed by atoms with E-state index in [1.807, 2.05) is 6.08 Å². The molecule has 0 aromatic carbocycles. The molecule has 29 heavy (non-hydrogen) atoms. The van der Waals surface area contributed by atoms with E-state index >= 15 is 0 Å². The van der Waals surface area contributed by atoms with Gasteiger partial charge in [-0.05, 0) is 79.9 Å². The molecule has 0 bridgehead atoms. The first-order chi connectivity index (χ1) is 13.5. The van der Waals surface area contributed by atoms with Crippen LogP contribution in [0.25, 0.3) is 0 Å². The van der Waals surface area contributed by atoms with E-state index in [4.69, 9.17) is 4.74 Å². The number of Topliss-reactive ketones (excluding diaryl/α,β-unsaturated/α-hetero) is 1. The molecule has 6 atom stereocenters. The minimum absolute atomic E-state index is 0.0109. The Morgan fingerprint density at radius 3 is 2.48 bits per heavy atom. The predicted octanol–water partition coefficient (Wildman–Crippen LogP) is 4.74. The summed E-state index contributed by atoms with van der Waals surface area (Å²) < 4.78 is 5.83. The van der Waals surface area contributed by atoms with Crippen molar-refractivity contribution >= 4 is 17.5 Å². The molecule has 0 heterocycles. The Morgan fingerprint density at radius 1 is 1.17 bits per heavy atom. The van der Waals surface area contributed by atoms with Crippen LogP contribution in [0.3, 0.4) is 0 Å². The fourth-order valence-electron chi connectivity index (χ4n) is 7.50. The number of rotatable bonds is 2. The molecule has 0 saturated heterocycles. The van der Waals surface area contributed by atoms with Gasteiger partial charge in [-0.1, -0.05) is 32.1 Å². The molecule has 2 fully saturated rings. The monoisotopic (exact) mass is 396 g/mol. The summed E-state index contributed by atoms with van der Waals surface area (Å²) in [5.74, 6) is 0.595. The Hall–Kier alpha value is -1.97. The fourth-order valence-corrected chi connectivity index (χ4v) is 7.50. The van der Waals surface area contributed by atoms with Gasteiger partial charge < -0.3 is 4.74 Å². The summed E-state index contributed by atoms with van der Waals surface area (Å²) in [6.45, 7) is 13.7. The SMILES string of the molecule is C=C1C[C@@H]2[C@H]3C=C(C)C4=CC(=O)CC[C@]4(C)[C@H]3CC[C@]2(C)[C@@]1(OC(C)=O)C(C)=O. The number of carbonyl (C=O) groups excluding carboxylic acids is 3. The molecule has 0 aromatic rings. The second-order valence-corrected chi connectivity index (χ2v) is 10.2. The van der Waals surface area contributed by atoms with Crippen molar-refractivity contribution in [3.63, 3.8) is 0 Å². The van der Waals surface area contributed by atoms with E-state index in [0.717, 1.165) is 24.8 Å². The number of ketones is 2. The van der Waals surface area contributed by atoms with Crippen molar-refractivity contribution in [2.75, 3.05) is 0 Å². The summed E-state index contributed by atoms with van der Waals surface area (Å²) in [6, 6.07) is 0. The number of fused-ring (bicyclic) bond motifs is 5. The van der Waals surface area contributed by atoms with Crippen LogP contribution in [-0.4, -0.2) is 23.1 Å². The van der Waals surface area contributed by atoms with Crippen molar-refractivity contribution in [2.24, 2.45) is 28.6 Å². The van der Waals surface area contributed by atoms with Gasteiger partial charge in [0.15, 0.2) is 17.2 Å². The number of esters is 1. The molecule has 0 aromatic heterocycles. The van der Waals surface area contributed by atoms with Crippen molar-refractivity contribution in [2.45, 2.75) is 72.3 Å². The summed E-state index contributed by atoms with van der Waals surface area (Å²) in [6.07, 6.45) is 8.15. The first kappa shape index (κ1) is 20.3. The number of hydrogen-bond acceptors (Lipinski definition) is 4. The third-order valence-corrected chi connectivity index (χ3v) is 8.78. The van der Waals surface area contributed by atoms with Gasteiger partial charge in [0.05, 0.1) is 0 Å². The summed E-state index contributed by atoms with van der Waals surface area (Å²) in [5.41, 5.74) is 1.43. The van der Waals surface area contributed by atoms with Crippen molar-refractivity contribution in [3.05, 3.63) is 35.5 Å². The third-order valence-electron chi connectivity index (χ3n) is 8.78. The topological polar surface area (TPSA) is 60.4 Å². The van der Waals surface area contributed by atoms with Crippen molar-refractivity contribution < 1.29 is 19.1 Å². The normalized spacial score (nSPS) is 43.6. The molecule has 2 saturated carbocycles. The first-order valence-corrected chi connectivity index (χ1v) is 10.8. The van der Waals surface area contributed by atoms with E-state index in [2.05, 4.69) is 33.4 Å². The highest BCUT2D eigenvalue weighted by Gasteiger charge is 2.69. The van der Waals surface area contributed by atoms with E-state index in [9.17, 15) is 14.4 Å². The number of ether oxygens (including phenoxy) is 1. The Kier molecular flexibility index (Phi) is 4.39. The molecular formula is C25H32O4. The van der Waals surface area contributed by atoms with Crippen LogP contribution >= 0.6 is 0 Å². The molecule has 0 radical (unpaired) electrons. The van der Waals surface area contributed by atoms with Crippen LogP contribution in [0.1, 0.15) is 66.7 Å². The summed E-state index contributed by atoms with van der Waals surface area (Å²) >= 11 is 0. The zero-order chi connectivity index (χ0) is 21.4. The van der Waals surface area contributed by atoms with Crippen LogP contribution < -0.4 is 0 Å². The average Bonchev–Trinajstić information content (AvgIpc) is 2.85. The molecule has 0 spiro atoms. The molecule has 4 aliphatic carbocycles. The molecule has 0 aliphatic heterocycles. The minimum Gasteiger partial charge on any atom is -0.446 e. The van der Waals surface area contributed by atoms with Crippen LogP contribution in [0, 0.1) is 28.6 Å². The number of hydrogen-bond donors (Lipinski definition) is 0. The molecule has 4 aliphatic rings. The van der Waals surface area contributed by atoms with Crippen molar-refractivity contribution in [3.8, 4) is 0 Å². The second kappa shape index (κ2) is 6.26. The smallest absolute Gasteiger partial charge is 0.303 e. The maximum Gasteiger partial charge on any atom is 0.303 e. The maximum atomic E-state index is 12.9. The van der Waals surface area contributed by atoms with Gasteiger partial charge in [0.25, 0.3) is 0 Å². The average molecular weight is 397 g/mol. The van der Waals surface area contributed by atoms with Gasteiger partial charge in [-0.25, -0.2) is 0 Å². The minimum atomic E-state index is -1.23. The summed E-state index contributed by atoms with van der Waals surface area (Å²) in [7, 11) is 0. The van der Waals surface area contributed by atoms with E-state index in [1.54, 1.807) is 0 Å². The standard InChI is InChI=1S/C25H32O4/c1-14-11-19-20(23(5)9-7-18(28)13-21(14)23)8-10-24(6)22(19)12-15(2)25(24,16(3)26)29-17(4)27/h11,13,19-20,22H,2,7-10,12H2,1,3-6H3/t19-,20-,22+,23+,24-,25-/m0/s1. The molecule has 0 N–H and O–H groups in total. The summed E-state index contributed by atoms with van der Waals surface area (Å²) in [4.78, 5) is 37.0. The molecule has 0 unspecified atom stereocenters. The van der Waals surface area contributed by atoms with Gasteiger partial charge in [0.1, 0.15) is 0 Å². The highest BCUT2D eigenvalue weighted by molar-refractivity contribution is 5.93. The highest BCUT2D eigenvalue weighted by Crippen LogP contribution is 2.68. The lowest BCUT2D eigenvalue weighted by Gasteiger charge is -2.57. The number of carbonyl (C=O) groups is 3. The molecule has 4 nitrogen and oxygen atoms in total. The van der Waals surface area contributed by atoms with E-state index in [1.165, 1.54) is 25.0 Å². The van der Waals surface area contributed by atoms with Gasteiger partial charge in [0.2, 0.25) is 0 Å². The van der Waals surface area contributed by atoms with Gasteiger partial charge in [-0.2, -0.15) is 0 Å². The van der Waals surface area contributed by atoms with Crippen LogP contribution in [0.2, 0.25) is 0 Å². The van der Waals surface area contributed by atoms with Crippen LogP contribution in [-0.2, 0) is 19.1 Å². The van der Waals surface area contributed by atoms with Crippen LogP contribution in [0.5, 0.6) is 0 Å². The fraction of sp³-hybridized carbons (Fsp3) is 0.640. The van der Waals surface area contributed by atoms with Crippen molar-refractivity contribution in [1.82, 2.24) is 0 Å². The van der Waals surface area contributed by atoms with Crippen LogP contribution in [0.4, 0.5) is 0 Å². The lowest BCUT2D eigenvalue weighted by Crippen LogP contribution is -2.58. The Balaban J connectivity index is 1.84. The van der Waals surface area contributed by atoms with E-state index in [0.29, 0.717) is 18.8 Å². The van der Waals surface area contributed by atoms with E-state index < -0.39 is 17.0 Å². The lowest BCUT2D eigenvalue weighted by molar-refractivity contribution is -0.179. The highest BCUT2D eigenvalue weighted by atomic mass is 16.6. The largest absolute Gasteiger partial charge is 0.446 e. The Bertz CT molecular complexity index is 892. The second-order valence-electron chi connectivity index (χ2n) is 10.2. The van der Waals surface area contributed by atoms with Gasteiger partial charge >= 0.3 is 5.97 Å². The van der Waals surface area contributed by atoms with Gasteiger partial charge in [-0.15, -0.1) is 0 Å². The molecule has 4 heteroatoms. The zero-order valence-electron chi connectivity index (χ0n) is 18.3. The van der Waals surface area contributed by atoms with Gasteiger partial charge in [-0.3, -0.25) is 14.4 Å².